The summed E-state index contributed by atoms with van der Waals surface area (Å²) in [6, 6.07) is 2.97. The van der Waals surface area contributed by atoms with Gasteiger partial charge in [-0.25, -0.2) is 0 Å². The van der Waals surface area contributed by atoms with Gasteiger partial charge >= 0.3 is 0 Å². The molecule has 0 aliphatic carbocycles. The molecular weight excluding hydrogens is 222 g/mol. The second-order valence-electron chi connectivity index (χ2n) is 6.30. The summed E-state index contributed by atoms with van der Waals surface area (Å²) in [6.45, 7) is 14.3. The molecule has 3 unspecified atom stereocenters. The van der Waals surface area contributed by atoms with Crippen molar-refractivity contribution in [3.05, 3.63) is 0 Å². The van der Waals surface area contributed by atoms with Crippen LogP contribution >= 0.6 is 0 Å². The molecule has 2 aliphatic rings. The molecule has 106 valence electrons. The maximum Gasteiger partial charge on any atom is 0.0239 e. The van der Waals surface area contributed by atoms with E-state index in [1.54, 1.807) is 0 Å². The molecule has 3 nitrogen and oxygen atoms in total. The maximum absolute atomic E-state index is 3.70. The second kappa shape index (κ2) is 6.36. The Morgan fingerprint density at radius 3 is 2.50 bits per heavy atom. The van der Waals surface area contributed by atoms with Crippen molar-refractivity contribution in [1.82, 2.24) is 15.1 Å². The average Bonchev–Trinajstić information content (AvgIpc) is 2.87. The first kappa shape index (κ1) is 14.3. The van der Waals surface area contributed by atoms with Crippen LogP contribution < -0.4 is 5.32 Å². The van der Waals surface area contributed by atoms with Crippen molar-refractivity contribution < 1.29 is 0 Å². The van der Waals surface area contributed by atoms with Crippen molar-refractivity contribution in [2.24, 2.45) is 0 Å². The summed E-state index contributed by atoms with van der Waals surface area (Å²) in [7, 11) is 0. The van der Waals surface area contributed by atoms with E-state index in [9.17, 15) is 0 Å². The van der Waals surface area contributed by atoms with Crippen LogP contribution in [0, 0.1) is 0 Å². The van der Waals surface area contributed by atoms with E-state index in [0.717, 1.165) is 12.1 Å². The summed E-state index contributed by atoms with van der Waals surface area (Å²) < 4.78 is 0. The molecule has 2 rings (SSSR count). The van der Waals surface area contributed by atoms with Crippen LogP contribution in [0.3, 0.4) is 0 Å². The van der Waals surface area contributed by atoms with Gasteiger partial charge in [-0.05, 0) is 33.1 Å². The van der Waals surface area contributed by atoms with Gasteiger partial charge in [0.25, 0.3) is 0 Å². The van der Waals surface area contributed by atoms with Gasteiger partial charge in [0.1, 0.15) is 0 Å². The average molecular weight is 253 g/mol. The van der Waals surface area contributed by atoms with Gasteiger partial charge in [0.2, 0.25) is 0 Å². The monoisotopic (exact) mass is 253 g/mol. The Morgan fingerprint density at radius 2 is 1.94 bits per heavy atom. The molecule has 0 aromatic rings. The summed E-state index contributed by atoms with van der Waals surface area (Å²) in [6.07, 6.45) is 3.90. The zero-order valence-electron chi connectivity index (χ0n) is 12.7. The van der Waals surface area contributed by atoms with E-state index in [2.05, 4.69) is 42.8 Å². The van der Waals surface area contributed by atoms with E-state index in [0.29, 0.717) is 12.1 Å². The SMILES string of the molecule is CCC1CN(C2CCN(C(C)C)C2)C(CC)CN1. The van der Waals surface area contributed by atoms with Crippen molar-refractivity contribution in [2.45, 2.75) is 71.1 Å². The Balaban J connectivity index is 1.96. The third-order valence-electron chi connectivity index (χ3n) is 4.90. The van der Waals surface area contributed by atoms with E-state index < -0.39 is 0 Å². The molecule has 18 heavy (non-hydrogen) atoms. The van der Waals surface area contributed by atoms with Crippen LogP contribution in [0.5, 0.6) is 0 Å². The quantitative estimate of drug-likeness (QED) is 0.826. The number of hydrogen-bond acceptors (Lipinski definition) is 3. The molecule has 0 aromatic carbocycles. The number of nitrogens with one attached hydrogen (secondary N) is 1. The number of rotatable bonds is 4. The van der Waals surface area contributed by atoms with Crippen LogP contribution in [0.25, 0.3) is 0 Å². The lowest BCUT2D eigenvalue weighted by atomic mass is 10.0. The highest BCUT2D eigenvalue weighted by Gasteiger charge is 2.35. The normalized spacial score (nSPS) is 35.5. The Hall–Kier alpha value is -0.120. The van der Waals surface area contributed by atoms with Crippen molar-refractivity contribution in [1.29, 1.82) is 0 Å². The van der Waals surface area contributed by atoms with E-state index in [-0.39, 0.29) is 0 Å². The van der Waals surface area contributed by atoms with Gasteiger partial charge in [0.05, 0.1) is 0 Å². The highest BCUT2D eigenvalue weighted by atomic mass is 15.3. The van der Waals surface area contributed by atoms with Crippen LogP contribution in [0.1, 0.15) is 47.0 Å². The molecule has 1 N–H and O–H groups in total. The van der Waals surface area contributed by atoms with Crippen LogP contribution in [-0.2, 0) is 0 Å². The molecular formula is C15H31N3. The molecule has 2 aliphatic heterocycles. The third-order valence-corrected chi connectivity index (χ3v) is 4.90. The molecule has 0 saturated carbocycles. The van der Waals surface area contributed by atoms with Crippen molar-refractivity contribution in [3.8, 4) is 0 Å². The minimum Gasteiger partial charge on any atom is -0.311 e. The first-order valence-corrected chi connectivity index (χ1v) is 7.88. The van der Waals surface area contributed by atoms with Crippen LogP contribution in [0.4, 0.5) is 0 Å². The predicted molar refractivity (Wildman–Crippen MR) is 78.0 cm³/mol. The standard InChI is InChI=1S/C15H31N3/c1-5-13-10-18(14(6-2)9-16-13)15-7-8-17(11-15)12(3)4/h12-16H,5-11H2,1-4H3. The van der Waals surface area contributed by atoms with Crippen molar-refractivity contribution in [3.63, 3.8) is 0 Å². The highest BCUT2D eigenvalue weighted by molar-refractivity contribution is 4.93. The summed E-state index contributed by atoms with van der Waals surface area (Å²) in [5.74, 6) is 0. The van der Waals surface area contributed by atoms with Gasteiger partial charge in [0, 0.05) is 50.3 Å². The van der Waals surface area contributed by atoms with Gasteiger partial charge in [0.15, 0.2) is 0 Å². The van der Waals surface area contributed by atoms with Gasteiger partial charge < -0.3 is 5.32 Å². The van der Waals surface area contributed by atoms with Gasteiger partial charge in [-0.2, -0.15) is 0 Å². The van der Waals surface area contributed by atoms with E-state index >= 15 is 0 Å². The molecule has 0 radical (unpaired) electrons. The van der Waals surface area contributed by atoms with Gasteiger partial charge in [-0.15, -0.1) is 0 Å². The largest absolute Gasteiger partial charge is 0.311 e. The van der Waals surface area contributed by atoms with Crippen LogP contribution in [0.15, 0.2) is 0 Å². The number of piperazine rings is 1. The predicted octanol–water partition coefficient (Wildman–Crippen LogP) is 1.93. The fourth-order valence-electron chi connectivity index (χ4n) is 3.50. The zero-order valence-corrected chi connectivity index (χ0v) is 12.7. The first-order valence-electron chi connectivity index (χ1n) is 7.88. The Labute approximate surface area is 113 Å². The minimum atomic E-state index is 0.708. The number of nitrogens with zero attached hydrogens (tertiary/aromatic N) is 2. The maximum atomic E-state index is 3.70. The lowest BCUT2D eigenvalue weighted by Gasteiger charge is -2.43. The van der Waals surface area contributed by atoms with Crippen LogP contribution in [0.2, 0.25) is 0 Å². The smallest absolute Gasteiger partial charge is 0.0239 e. The molecule has 2 fully saturated rings. The fourth-order valence-corrected chi connectivity index (χ4v) is 3.50. The van der Waals surface area contributed by atoms with Gasteiger partial charge in [-0.1, -0.05) is 13.8 Å². The highest BCUT2D eigenvalue weighted by Crippen LogP contribution is 2.23. The van der Waals surface area contributed by atoms with Crippen molar-refractivity contribution >= 4 is 0 Å². The second-order valence-corrected chi connectivity index (χ2v) is 6.30. The number of hydrogen-bond donors (Lipinski definition) is 1. The minimum absolute atomic E-state index is 0.708. The summed E-state index contributed by atoms with van der Waals surface area (Å²) in [5.41, 5.74) is 0. The summed E-state index contributed by atoms with van der Waals surface area (Å²) in [4.78, 5) is 5.45. The number of likely N-dealkylation sites (tertiary alicyclic amines) is 1. The molecule has 2 heterocycles. The van der Waals surface area contributed by atoms with Gasteiger partial charge in [-0.3, -0.25) is 9.80 Å². The third kappa shape index (κ3) is 3.06. The Morgan fingerprint density at radius 1 is 1.17 bits per heavy atom. The van der Waals surface area contributed by atoms with E-state index in [4.69, 9.17) is 0 Å². The Bertz CT molecular complexity index is 254. The van der Waals surface area contributed by atoms with E-state index in [1.165, 1.54) is 45.4 Å². The Kier molecular flexibility index (Phi) is 5.05. The molecule has 0 bridgehead atoms. The zero-order chi connectivity index (χ0) is 13.1. The fraction of sp³-hybridized carbons (Fsp3) is 1.00. The van der Waals surface area contributed by atoms with E-state index in [1.807, 2.05) is 0 Å². The molecule has 2 saturated heterocycles. The van der Waals surface area contributed by atoms with Crippen LogP contribution in [-0.4, -0.2) is 60.1 Å². The lowest BCUT2D eigenvalue weighted by Crippen LogP contribution is -2.59. The molecule has 0 amide bonds. The molecule has 0 aromatic heterocycles. The topological polar surface area (TPSA) is 18.5 Å². The summed E-state index contributed by atoms with van der Waals surface area (Å²) >= 11 is 0. The first-order chi connectivity index (χ1) is 8.65. The summed E-state index contributed by atoms with van der Waals surface area (Å²) in [5, 5.41) is 3.70. The molecule has 3 heteroatoms. The molecule has 0 spiro atoms. The molecule has 3 atom stereocenters. The lowest BCUT2D eigenvalue weighted by molar-refractivity contribution is 0.0781. The van der Waals surface area contributed by atoms with Crippen molar-refractivity contribution in [2.75, 3.05) is 26.2 Å².